The number of benzene rings is 2. The molecule has 0 radical (unpaired) electrons. The molecule has 35 heavy (non-hydrogen) atoms. The van der Waals surface area contributed by atoms with Gasteiger partial charge >= 0.3 is 0 Å². The third-order valence-corrected chi connectivity index (χ3v) is 8.12. The fourth-order valence-corrected chi connectivity index (χ4v) is 6.44. The molecule has 0 aliphatic rings. The maximum atomic E-state index is 7.77. The van der Waals surface area contributed by atoms with Gasteiger partial charge in [-0.1, -0.05) is 36.4 Å². The van der Waals surface area contributed by atoms with Gasteiger partial charge in [0.05, 0.1) is 6.57 Å². The molecule has 0 atom stereocenters. The van der Waals surface area contributed by atoms with E-state index < -0.39 is 0 Å². The zero-order valence-corrected chi connectivity index (χ0v) is 20.7. The molecule has 0 saturated heterocycles. The minimum absolute atomic E-state index is 0.337. The van der Waals surface area contributed by atoms with Crippen LogP contribution in [0.25, 0.3) is 38.8 Å². The number of thiophene rings is 3. The number of rotatable bonds is 6. The Labute approximate surface area is 214 Å². The Morgan fingerprint density at radius 2 is 1.60 bits per heavy atom. The quantitative estimate of drug-likeness (QED) is 0.210. The second kappa shape index (κ2) is 9.35. The highest BCUT2D eigenvalue weighted by Gasteiger charge is 2.17. The highest BCUT2D eigenvalue weighted by molar-refractivity contribution is 7.20. The van der Waals surface area contributed by atoms with Crippen LogP contribution in [0.15, 0.2) is 100 Å². The minimum Gasteiger partial charge on any atom is -0.447 e. The number of hydrogen-bond acceptors (Lipinski definition) is 6. The Bertz CT molecular complexity index is 1620. The molecule has 0 amide bonds. The summed E-state index contributed by atoms with van der Waals surface area (Å²) in [5.41, 5.74) is 3.98. The van der Waals surface area contributed by atoms with E-state index >= 15 is 0 Å². The average molecular weight is 508 g/mol. The Kier molecular flexibility index (Phi) is 5.76. The normalized spacial score (nSPS) is 11.6. The third kappa shape index (κ3) is 4.31. The summed E-state index contributed by atoms with van der Waals surface area (Å²) in [6.45, 7) is 7.77. The van der Waals surface area contributed by atoms with E-state index in [1.54, 1.807) is 34.0 Å². The monoisotopic (exact) mass is 507 g/mol. The van der Waals surface area contributed by atoms with Crippen LogP contribution in [0.2, 0.25) is 0 Å². The van der Waals surface area contributed by atoms with Crippen molar-refractivity contribution in [3.05, 3.63) is 118 Å². The largest absolute Gasteiger partial charge is 0.447 e. The number of anilines is 3. The van der Waals surface area contributed by atoms with Crippen LogP contribution in [-0.4, -0.2) is 4.98 Å². The van der Waals surface area contributed by atoms with Gasteiger partial charge < -0.3 is 4.42 Å². The van der Waals surface area contributed by atoms with Crippen LogP contribution in [0, 0.1) is 6.57 Å². The molecule has 6 aromatic rings. The molecule has 0 aliphatic heterocycles. The van der Waals surface area contributed by atoms with Crippen molar-refractivity contribution in [1.29, 1.82) is 0 Å². The number of fused-ring (bicyclic) bond motifs is 1. The van der Waals surface area contributed by atoms with E-state index in [1.165, 1.54) is 0 Å². The molecule has 4 aromatic heterocycles. The first-order valence-electron chi connectivity index (χ1n) is 10.8. The topological polar surface area (TPSA) is 33.6 Å². The van der Waals surface area contributed by atoms with Gasteiger partial charge in [0.25, 0.3) is 0 Å². The molecular formula is C28H17N3OS3. The molecule has 2 aromatic carbocycles. The molecule has 0 aliphatic carbocycles. The molecule has 7 heteroatoms. The van der Waals surface area contributed by atoms with Crippen molar-refractivity contribution in [3.8, 4) is 11.1 Å². The van der Waals surface area contributed by atoms with E-state index in [0.717, 1.165) is 36.5 Å². The van der Waals surface area contributed by atoms with Gasteiger partial charge in [-0.2, -0.15) is 0 Å². The molecule has 0 N–H and O–H groups in total. The molecule has 0 unspecified atom stereocenters. The average Bonchev–Trinajstić information content (AvgIpc) is 3.71. The SMILES string of the molecule is [C-]#[N+]C(=Cc1ccc(N(c2cccs2)c2cccs2)s1)c1nc2cc(-c3ccccc3)ccc2o1. The van der Waals surface area contributed by atoms with E-state index in [4.69, 9.17) is 11.0 Å². The second-order valence-electron chi connectivity index (χ2n) is 7.62. The first-order valence-corrected chi connectivity index (χ1v) is 13.4. The third-order valence-electron chi connectivity index (χ3n) is 5.40. The van der Waals surface area contributed by atoms with E-state index in [-0.39, 0.29) is 0 Å². The summed E-state index contributed by atoms with van der Waals surface area (Å²) in [5, 5.41) is 7.57. The summed E-state index contributed by atoms with van der Waals surface area (Å²) >= 11 is 5.03. The van der Waals surface area contributed by atoms with Crippen molar-refractivity contribution < 1.29 is 4.42 Å². The summed E-state index contributed by atoms with van der Waals surface area (Å²) in [7, 11) is 0. The lowest BCUT2D eigenvalue weighted by molar-refractivity contribution is 0.586. The zero-order valence-electron chi connectivity index (χ0n) is 18.3. The lowest BCUT2D eigenvalue weighted by Gasteiger charge is -2.19. The molecule has 0 spiro atoms. The Morgan fingerprint density at radius 3 is 2.29 bits per heavy atom. The van der Waals surface area contributed by atoms with Gasteiger partial charge in [-0.15, -0.1) is 34.0 Å². The summed E-state index contributed by atoms with van der Waals surface area (Å²) in [4.78, 5) is 11.6. The number of oxazole rings is 1. The number of aromatic nitrogens is 1. The van der Waals surface area contributed by atoms with Crippen molar-refractivity contribution in [2.24, 2.45) is 0 Å². The molecule has 4 heterocycles. The zero-order chi connectivity index (χ0) is 23.6. The molecular weight excluding hydrogens is 491 g/mol. The maximum Gasteiger partial charge on any atom is 0.249 e. The van der Waals surface area contributed by atoms with Gasteiger partial charge in [0, 0.05) is 4.88 Å². The van der Waals surface area contributed by atoms with Gasteiger partial charge in [-0.05, 0) is 76.5 Å². The van der Waals surface area contributed by atoms with Gasteiger partial charge in [-0.3, -0.25) is 4.90 Å². The van der Waals surface area contributed by atoms with Gasteiger partial charge in [0.15, 0.2) is 5.58 Å². The smallest absolute Gasteiger partial charge is 0.249 e. The van der Waals surface area contributed by atoms with Crippen molar-refractivity contribution in [3.63, 3.8) is 0 Å². The highest BCUT2D eigenvalue weighted by Crippen LogP contribution is 2.43. The van der Waals surface area contributed by atoms with Crippen LogP contribution in [0.1, 0.15) is 10.8 Å². The predicted molar refractivity (Wildman–Crippen MR) is 149 cm³/mol. The predicted octanol–water partition coefficient (Wildman–Crippen LogP) is 9.57. The summed E-state index contributed by atoms with van der Waals surface area (Å²) in [5.74, 6) is 0.337. The molecule has 4 nitrogen and oxygen atoms in total. The van der Waals surface area contributed by atoms with Gasteiger partial charge in [0.1, 0.15) is 20.5 Å². The first-order chi connectivity index (χ1) is 17.3. The summed E-state index contributed by atoms with van der Waals surface area (Å²) < 4.78 is 5.96. The van der Waals surface area contributed by atoms with Gasteiger partial charge in [0.2, 0.25) is 11.6 Å². The van der Waals surface area contributed by atoms with E-state index in [1.807, 2.05) is 48.5 Å². The molecule has 0 bridgehead atoms. The minimum atomic E-state index is 0.337. The van der Waals surface area contributed by atoms with Crippen LogP contribution in [-0.2, 0) is 0 Å². The number of hydrogen-bond donors (Lipinski definition) is 0. The van der Waals surface area contributed by atoms with Crippen LogP contribution in [0.3, 0.4) is 0 Å². The van der Waals surface area contributed by atoms with Crippen LogP contribution < -0.4 is 4.90 Å². The highest BCUT2D eigenvalue weighted by atomic mass is 32.1. The second-order valence-corrected chi connectivity index (χ2v) is 10.6. The van der Waals surface area contributed by atoms with Crippen molar-refractivity contribution in [2.75, 3.05) is 4.90 Å². The first kappa shape index (κ1) is 21.6. The van der Waals surface area contributed by atoms with Crippen LogP contribution >= 0.6 is 34.0 Å². The van der Waals surface area contributed by atoms with Crippen molar-refractivity contribution in [2.45, 2.75) is 0 Å². The fraction of sp³-hybridized carbons (Fsp3) is 0. The fourth-order valence-electron chi connectivity index (χ4n) is 3.78. The van der Waals surface area contributed by atoms with Crippen molar-refractivity contribution in [1.82, 2.24) is 4.98 Å². The lowest BCUT2D eigenvalue weighted by atomic mass is 10.1. The van der Waals surface area contributed by atoms with Crippen LogP contribution in [0.4, 0.5) is 15.0 Å². The van der Waals surface area contributed by atoms with Crippen molar-refractivity contribution >= 4 is 71.9 Å². The molecule has 6 rings (SSSR count). The number of nitrogens with zero attached hydrogens (tertiary/aromatic N) is 3. The Balaban J connectivity index is 1.34. The Morgan fingerprint density at radius 1 is 0.829 bits per heavy atom. The van der Waals surface area contributed by atoms with Crippen LogP contribution in [0.5, 0.6) is 0 Å². The molecule has 0 fully saturated rings. The standard InChI is InChI=1S/C28H17N3OS3/c1-29-23(28-30-22-17-20(11-13-24(22)32-28)19-7-3-2-4-8-19)18-21-12-14-27(35-21)31(25-9-5-15-33-25)26-10-6-16-34-26/h2-18H. The summed E-state index contributed by atoms with van der Waals surface area (Å²) in [6.07, 6.45) is 1.85. The van der Waals surface area contributed by atoms with E-state index in [9.17, 15) is 0 Å². The maximum absolute atomic E-state index is 7.77. The van der Waals surface area contributed by atoms with E-state index in [0.29, 0.717) is 17.2 Å². The Hall–Kier alpha value is -3.96. The lowest BCUT2D eigenvalue weighted by Crippen LogP contribution is -2.04. The molecule has 0 saturated carbocycles. The summed E-state index contributed by atoms with van der Waals surface area (Å²) in [6, 6.07) is 28.6. The van der Waals surface area contributed by atoms with Gasteiger partial charge in [-0.25, -0.2) is 9.83 Å². The molecule has 168 valence electrons. The van der Waals surface area contributed by atoms with E-state index in [2.05, 4.69) is 68.0 Å².